The third-order valence-corrected chi connectivity index (χ3v) is 3.25. The summed E-state index contributed by atoms with van der Waals surface area (Å²) >= 11 is 0. The van der Waals surface area contributed by atoms with E-state index in [4.69, 9.17) is 4.74 Å². The largest absolute Gasteiger partial charge is 0.497 e. The van der Waals surface area contributed by atoms with Crippen LogP contribution in [0, 0.1) is 0 Å². The summed E-state index contributed by atoms with van der Waals surface area (Å²) < 4.78 is 43.1. The van der Waals surface area contributed by atoms with Gasteiger partial charge in [-0.3, -0.25) is 4.79 Å². The second kappa shape index (κ2) is 7.21. The lowest BCUT2D eigenvalue weighted by Crippen LogP contribution is -2.06. The van der Waals surface area contributed by atoms with Crippen LogP contribution in [0.25, 0.3) is 0 Å². The lowest BCUT2D eigenvalue weighted by Gasteiger charge is -2.11. The van der Waals surface area contributed by atoms with Crippen molar-refractivity contribution in [2.24, 2.45) is 0 Å². The number of hydrogen-bond acceptors (Lipinski definition) is 3. The first-order valence-corrected chi connectivity index (χ1v) is 7.10. The number of rotatable bonds is 5. The molecule has 1 N–H and O–H groups in total. The van der Waals surface area contributed by atoms with Gasteiger partial charge in [0, 0.05) is 23.0 Å². The summed E-state index contributed by atoms with van der Waals surface area (Å²) in [7, 11) is 1.53. The van der Waals surface area contributed by atoms with Gasteiger partial charge < -0.3 is 10.1 Å². The van der Waals surface area contributed by atoms with Crippen molar-refractivity contribution in [2.75, 3.05) is 12.4 Å². The number of methoxy groups -OCH3 is 1. The van der Waals surface area contributed by atoms with Crippen LogP contribution in [0.2, 0.25) is 0 Å². The highest BCUT2D eigenvalue weighted by Crippen LogP contribution is 2.30. The minimum atomic E-state index is -4.41. The fourth-order valence-electron chi connectivity index (χ4n) is 2.07. The number of benzene rings is 2. The van der Waals surface area contributed by atoms with Gasteiger partial charge in [-0.15, -0.1) is 0 Å². The number of ketones is 1. The second-order valence-corrected chi connectivity index (χ2v) is 5.12. The maximum Gasteiger partial charge on any atom is 0.416 e. The van der Waals surface area contributed by atoms with Gasteiger partial charge in [0.2, 0.25) is 0 Å². The van der Waals surface area contributed by atoms with Crippen molar-refractivity contribution in [1.82, 2.24) is 0 Å². The Morgan fingerprint density at radius 1 is 1.12 bits per heavy atom. The fourth-order valence-corrected chi connectivity index (χ4v) is 2.07. The molecule has 0 aliphatic heterocycles. The molecule has 2 aromatic carbocycles. The van der Waals surface area contributed by atoms with E-state index >= 15 is 0 Å². The Morgan fingerprint density at radius 2 is 1.79 bits per heavy atom. The summed E-state index contributed by atoms with van der Waals surface area (Å²) in [4.78, 5) is 12.1. The standard InChI is InChI=1S/C18H16F3NO2/c1-12(10-17(23)13-6-8-16(24-2)9-7-13)22-15-5-3-4-14(11-15)18(19,20)21/h3-11,22H,1-2H3/b12-10+. The zero-order valence-corrected chi connectivity index (χ0v) is 13.1. The quantitative estimate of drug-likeness (QED) is 0.623. The van der Waals surface area contributed by atoms with Gasteiger partial charge in [0.15, 0.2) is 5.78 Å². The number of alkyl halides is 3. The third kappa shape index (κ3) is 4.62. The fraction of sp³-hybridized carbons (Fsp3) is 0.167. The molecule has 0 fully saturated rings. The van der Waals surface area contributed by atoms with E-state index in [1.807, 2.05) is 0 Å². The van der Waals surface area contributed by atoms with E-state index in [0.29, 0.717) is 17.0 Å². The maximum atomic E-state index is 12.7. The molecule has 3 nitrogen and oxygen atoms in total. The van der Waals surface area contributed by atoms with Crippen LogP contribution in [0.4, 0.5) is 18.9 Å². The molecule has 0 amide bonds. The van der Waals surface area contributed by atoms with Crippen LogP contribution in [-0.2, 0) is 6.18 Å². The van der Waals surface area contributed by atoms with E-state index in [2.05, 4.69) is 5.32 Å². The molecule has 0 aliphatic rings. The summed E-state index contributed by atoms with van der Waals surface area (Å²) in [6, 6.07) is 11.4. The normalized spacial score (nSPS) is 12.0. The SMILES string of the molecule is COc1ccc(C(=O)/C=C(\C)Nc2cccc(C(F)(F)F)c2)cc1. The van der Waals surface area contributed by atoms with E-state index in [0.717, 1.165) is 12.1 Å². The predicted molar refractivity (Wildman–Crippen MR) is 86.1 cm³/mol. The molecule has 0 atom stereocenters. The van der Waals surface area contributed by atoms with E-state index < -0.39 is 11.7 Å². The topological polar surface area (TPSA) is 38.3 Å². The summed E-state index contributed by atoms with van der Waals surface area (Å²) in [5.74, 6) is 0.379. The molecule has 0 aromatic heterocycles. The number of nitrogens with one attached hydrogen (secondary N) is 1. The van der Waals surface area contributed by atoms with E-state index in [-0.39, 0.29) is 11.5 Å². The lowest BCUT2D eigenvalue weighted by molar-refractivity contribution is -0.137. The molecule has 0 radical (unpaired) electrons. The Kier molecular flexibility index (Phi) is 5.28. The van der Waals surface area contributed by atoms with Crippen molar-refractivity contribution >= 4 is 11.5 Å². The first kappa shape index (κ1) is 17.6. The lowest BCUT2D eigenvalue weighted by atomic mass is 10.1. The van der Waals surface area contributed by atoms with Crippen molar-refractivity contribution in [3.8, 4) is 5.75 Å². The minimum Gasteiger partial charge on any atom is -0.497 e. The molecule has 0 saturated carbocycles. The van der Waals surface area contributed by atoms with Crippen LogP contribution in [0.3, 0.4) is 0 Å². The van der Waals surface area contributed by atoms with Gasteiger partial charge >= 0.3 is 6.18 Å². The van der Waals surface area contributed by atoms with Gasteiger partial charge in [-0.25, -0.2) is 0 Å². The zero-order chi connectivity index (χ0) is 17.7. The van der Waals surface area contributed by atoms with Gasteiger partial charge in [0.05, 0.1) is 12.7 Å². The molecule has 24 heavy (non-hydrogen) atoms. The smallest absolute Gasteiger partial charge is 0.416 e. The predicted octanol–water partition coefficient (Wildman–Crippen LogP) is 4.91. The van der Waals surface area contributed by atoms with Gasteiger partial charge in [0.1, 0.15) is 5.75 Å². The van der Waals surface area contributed by atoms with Crippen molar-refractivity contribution in [3.63, 3.8) is 0 Å². The molecule has 2 rings (SSSR count). The van der Waals surface area contributed by atoms with Gasteiger partial charge in [0.25, 0.3) is 0 Å². The number of halogens is 3. The molecule has 0 aliphatic carbocycles. The molecule has 0 saturated heterocycles. The zero-order valence-electron chi connectivity index (χ0n) is 13.1. The molecule has 0 unspecified atom stereocenters. The van der Waals surface area contributed by atoms with Crippen molar-refractivity contribution in [2.45, 2.75) is 13.1 Å². The molecule has 0 heterocycles. The number of carbonyl (C=O) groups excluding carboxylic acids is 1. The third-order valence-electron chi connectivity index (χ3n) is 3.25. The van der Waals surface area contributed by atoms with Crippen molar-refractivity contribution in [3.05, 3.63) is 71.4 Å². The Hall–Kier alpha value is -2.76. The molecule has 2 aromatic rings. The van der Waals surface area contributed by atoms with E-state index in [1.54, 1.807) is 31.2 Å². The van der Waals surface area contributed by atoms with Crippen LogP contribution in [-0.4, -0.2) is 12.9 Å². The molecule has 0 spiro atoms. The first-order valence-electron chi connectivity index (χ1n) is 7.10. The second-order valence-electron chi connectivity index (χ2n) is 5.12. The summed E-state index contributed by atoms with van der Waals surface area (Å²) in [5.41, 5.74) is 0.416. The summed E-state index contributed by atoms with van der Waals surface area (Å²) in [6.45, 7) is 1.61. The highest BCUT2D eigenvalue weighted by molar-refractivity contribution is 6.05. The summed E-state index contributed by atoms with van der Waals surface area (Å²) in [5, 5.41) is 2.79. The highest BCUT2D eigenvalue weighted by atomic mass is 19.4. The van der Waals surface area contributed by atoms with Gasteiger partial charge in [-0.1, -0.05) is 6.07 Å². The monoisotopic (exact) mass is 335 g/mol. The Balaban J connectivity index is 2.12. The number of anilines is 1. The molecular formula is C18H16F3NO2. The minimum absolute atomic E-state index is 0.255. The molecule has 126 valence electrons. The van der Waals surface area contributed by atoms with Gasteiger partial charge in [-0.05, 0) is 49.4 Å². The molecule has 6 heteroatoms. The van der Waals surface area contributed by atoms with Crippen LogP contribution >= 0.6 is 0 Å². The van der Waals surface area contributed by atoms with Crippen LogP contribution in [0.1, 0.15) is 22.8 Å². The molecule has 0 bridgehead atoms. The highest BCUT2D eigenvalue weighted by Gasteiger charge is 2.30. The number of ether oxygens (including phenoxy) is 1. The summed E-state index contributed by atoms with van der Waals surface area (Å²) in [6.07, 6.45) is -3.07. The molecular weight excluding hydrogens is 319 g/mol. The Bertz CT molecular complexity index is 750. The van der Waals surface area contributed by atoms with Crippen molar-refractivity contribution < 1.29 is 22.7 Å². The van der Waals surface area contributed by atoms with E-state index in [9.17, 15) is 18.0 Å². The first-order chi connectivity index (χ1) is 11.3. The van der Waals surface area contributed by atoms with Crippen LogP contribution in [0.15, 0.2) is 60.3 Å². The number of allylic oxidation sites excluding steroid dienone is 2. The van der Waals surface area contributed by atoms with Gasteiger partial charge in [-0.2, -0.15) is 13.2 Å². The van der Waals surface area contributed by atoms with E-state index in [1.165, 1.54) is 25.3 Å². The van der Waals surface area contributed by atoms with Crippen LogP contribution in [0.5, 0.6) is 5.75 Å². The average molecular weight is 335 g/mol. The van der Waals surface area contributed by atoms with Crippen LogP contribution < -0.4 is 10.1 Å². The number of hydrogen-bond donors (Lipinski definition) is 1. The Labute approximate surface area is 137 Å². The Morgan fingerprint density at radius 3 is 2.38 bits per heavy atom. The van der Waals surface area contributed by atoms with Crippen molar-refractivity contribution in [1.29, 1.82) is 0 Å². The number of carbonyl (C=O) groups is 1. The maximum absolute atomic E-state index is 12.7. The average Bonchev–Trinajstić information content (AvgIpc) is 2.54.